The number of thioether (sulfide) groups is 1. The minimum Gasteiger partial charge on any atom is -0.335 e. The number of likely N-dealkylation sites (tertiary alicyclic amines) is 1. The molecule has 1 aliphatic rings. The third-order valence-corrected chi connectivity index (χ3v) is 6.97. The quantitative estimate of drug-likeness (QED) is 0.574. The van der Waals surface area contributed by atoms with Gasteiger partial charge < -0.3 is 9.47 Å². The van der Waals surface area contributed by atoms with Crippen molar-refractivity contribution in [3.63, 3.8) is 0 Å². The molecule has 2 aromatic heterocycles. The van der Waals surface area contributed by atoms with Gasteiger partial charge in [0.2, 0.25) is 5.91 Å². The monoisotopic (exact) mass is 412 g/mol. The summed E-state index contributed by atoms with van der Waals surface area (Å²) in [7, 11) is 1.95. The molecule has 0 bridgehead atoms. The molecule has 3 aromatic rings. The number of amides is 1. The summed E-state index contributed by atoms with van der Waals surface area (Å²) in [6.45, 7) is 5.07. The summed E-state index contributed by atoms with van der Waals surface area (Å²) < 4.78 is 1.97. The van der Waals surface area contributed by atoms with Crippen molar-refractivity contribution in [2.45, 2.75) is 37.9 Å². The van der Waals surface area contributed by atoms with E-state index in [0.29, 0.717) is 5.75 Å². The Bertz CT molecular complexity index is 960. The number of thiophene rings is 1. The molecule has 7 heteroatoms. The average molecular weight is 413 g/mol. The maximum atomic E-state index is 13.0. The summed E-state index contributed by atoms with van der Waals surface area (Å²) in [4.78, 5) is 16.1. The zero-order valence-electron chi connectivity index (χ0n) is 16.4. The van der Waals surface area contributed by atoms with Crippen LogP contribution in [0.25, 0.3) is 10.7 Å². The summed E-state index contributed by atoms with van der Waals surface area (Å²) in [5, 5.41) is 11.4. The zero-order valence-corrected chi connectivity index (χ0v) is 18.0. The molecular weight excluding hydrogens is 388 g/mol. The third-order valence-electron chi connectivity index (χ3n) is 5.10. The van der Waals surface area contributed by atoms with E-state index >= 15 is 0 Å². The highest BCUT2D eigenvalue weighted by Gasteiger charge is 2.30. The second-order valence-electron chi connectivity index (χ2n) is 7.30. The van der Waals surface area contributed by atoms with Gasteiger partial charge in [0.05, 0.1) is 16.7 Å². The molecule has 0 spiro atoms. The molecule has 5 nitrogen and oxygen atoms in total. The molecule has 0 radical (unpaired) electrons. The molecule has 1 amide bonds. The third kappa shape index (κ3) is 3.86. The lowest BCUT2D eigenvalue weighted by Gasteiger charge is -2.25. The Hall–Kier alpha value is -2.12. The summed E-state index contributed by atoms with van der Waals surface area (Å²) in [5.41, 5.74) is 3.76. The second kappa shape index (κ2) is 8.09. The van der Waals surface area contributed by atoms with Crippen LogP contribution < -0.4 is 0 Å². The number of aromatic nitrogens is 3. The highest BCUT2D eigenvalue weighted by molar-refractivity contribution is 7.99. The molecule has 1 fully saturated rings. The van der Waals surface area contributed by atoms with Crippen LogP contribution >= 0.6 is 23.1 Å². The van der Waals surface area contributed by atoms with Crippen LogP contribution in [0.15, 0.2) is 40.9 Å². The molecule has 0 aliphatic carbocycles. The maximum Gasteiger partial charge on any atom is 0.233 e. The Morgan fingerprint density at radius 3 is 2.75 bits per heavy atom. The number of carbonyl (C=O) groups is 1. The van der Waals surface area contributed by atoms with Gasteiger partial charge in [0.25, 0.3) is 0 Å². The van der Waals surface area contributed by atoms with Crippen molar-refractivity contribution in [1.29, 1.82) is 0 Å². The summed E-state index contributed by atoms with van der Waals surface area (Å²) in [6, 6.07) is 10.8. The standard InChI is InChI=1S/C21H24N4OS2/c1-14-10-15(2)12-16(11-14)17-6-4-8-25(17)19(26)13-28-21-23-22-20(24(21)3)18-7-5-9-27-18/h5,7,9-12,17H,4,6,8,13H2,1-3H3. The van der Waals surface area contributed by atoms with E-state index in [9.17, 15) is 4.79 Å². The number of carbonyl (C=O) groups excluding carboxylic acids is 1. The van der Waals surface area contributed by atoms with Crippen LogP contribution in [0.3, 0.4) is 0 Å². The van der Waals surface area contributed by atoms with E-state index in [2.05, 4.69) is 42.2 Å². The predicted molar refractivity (Wildman–Crippen MR) is 115 cm³/mol. The smallest absolute Gasteiger partial charge is 0.233 e. The van der Waals surface area contributed by atoms with Crippen LogP contribution in [0.4, 0.5) is 0 Å². The number of aryl methyl sites for hydroxylation is 2. The molecule has 1 unspecified atom stereocenters. The number of hydrogen-bond acceptors (Lipinski definition) is 5. The first-order valence-electron chi connectivity index (χ1n) is 9.46. The molecule has 146 valence electrons. The van der Waals surface area contributed by atoms with Gasteiger partial charge in [-0.1, -0.05) is 47.2 Å². The summed E-state index contributed by atoms with van der Waals surface area (Å²) in [5.74, 6) is 1.41. The summed E-state index contributed by atoms with van der Waals surface area (Å²) in [6.07, 6.45) is 2.09. The zero-order chi connectivity index (χ0) is 19.7. The van der Waals surface area contributed by atoms with Gasteiger partial charge in [0, 0.05) is 13.6 Å². The van der Waals surface area contributed by atoms with Gasteiger partial charge in [0.1, 0.15) is 0 Å². The second-order valence-corrected chi connectivity index (χ2v) is 9.19. The topological polar surface area (TPSA) is 51.0 Å². The van der Waals surface area contributed by atoms with E-state index in [1.165, 1.54) is 28.5 Å². The maximum absolute atomic E-state index is 13.0. The average Bonchev–Trinajstić information content (AvgIpc) is 3.40. The molecule has 0 saturated carbocycles. The van der Waals surface area contributed by atoms with Gasteiger partial charge in [0.15, 0.2) is 11.0 Å². The molecular formula is C21H24N4OS2. The van der Waals surface area contributed by atoms with Gasteiger partial charge in [-0.2, -0.15) is 0 Å². The number of rotatable bonds is 5. The van der Waals surface area contributed by atoms with Crippen molar-refractivity contribution >= 4 is 29.0 Å². The first-order chi connectivity index (χ1) is 13.5. The fraction of sp³-hybridized carbons (Fsp3) is 0.381. The van der Waals surface area contributed by atoms with E-state index in [1.807, 2.05) is 34.0 Å². The molecule has 28 heavy (non-hydrogen) atoms. The fourth-order valence-electron chi connectivity index (χ4n) is 3.88. The molecule has 1 aromatic carbocycles. The van der Waals surface area contributed by atoms with E-state index < -0.39 is 0 Å². The summed E-state index contributed by atoms with van der Waals surface area (Å²) >= 11 is 3.11. The van der Waals surface area contributed by atoms with Gasteiger partial charge in [-0.15, -0.1) is 21.5 Å². The predicted octanol–water partition coefficient (Wildman–Crippen LogP) is 4.62. The van der Waals surface area contributed by atoms with Crippen LogP contribution in [-0.2, 0) is 11.8 Å². The minimum atomic E-state index is 0.173. The first-order valence-corrected chi connectivity index (χ1v) is 11.3. The largest absolute Gasteiger partial charge is 0.335 e. The molecule has 4 rings (SSSR count). The Morgan fingerprint density at radius 1 is 1.25 bits per heavy atom. The van der Waals surface area contributed by atoms with E-state index in [1.54, 1.807) is 11.3 Å². The van der Waals surface area contributed by atoms with Gasteiger partial charge in [-0.05, 0) is 43.7 Å². The van der Waals surface area contributed by atoms with Gasteiger partial charge in [-0.3, -0.25) is 4.79 Å². The van der Waals surface area contributed by atoms with E-state index in [4.69, 9.17) is 0 Å². The van der Waals surface area contributed by atoms with Crippen LogP contribution in [-0.4, -0.2) is 37.9 Å². The Kier molecular flexibility index (Phi) is 5.55. The Labute approximate surface area is 173 Å². The van der Waals surface area contributed by atoms with Crippen LogP contribution in [0.1, 0.15) is 35.6 Å². The normalized spacial score (nSPS) is 16.7. The lowest BCUT2D eigenvalue weighted by atomic mass is 9.99. The molecule has 1 atom stereocenters. The highest BCUT2D eigenvalue weighted by atomic mass is 32.2. The SMILES string of the molecule is Cc1cc(C)cc(C2CCCN2C(=O)CSc2nnc(-c3cccs3)n2C)c1. The Balaban J connectivity index is 1.45. The van der Waals surface area contributed by atoms with E-state index in [0.717, 1.165) is 35.2 Å². The Morgan fingerprint density at radius 2 is 2.04 bits per heavy atom. The molecule has 3 heterocycles. The lowest BCUT2D eigenvalue weighted by Crippen LogP contribution is -2.32. The van der Waals surface area contributed by atoms with Crippen LogP contribution in [0.2, 0.25) is 0 Å². The van der Waals surface area contributed by atoms with Gasteiger partial charge in [-0.25, -0.2) is 0 Å². The van der Waals surface area contributed by atoms with Crippen molar-refractivity contribution in [3.05, 3.63) is 52.4 Å². The molecule has 0 N–H and O–H groups in total. The fourth-order valence-corrected chi connectivity index (χ4v) is 5.43. The van der Waals surface area contributed by atoms with Crippen LogP contribution in [0, 0.1) is 13.8 Å². The minimum absolute atomic E-state index is 0.173. The van der Waals surface area contributed by atoms with Crippen molar-refractivity contribution in [2.24, 2.45) is 7.05 Å². The van der Waals surface area contributed by atoms with Gasteiger partial charge >= 0.3 is 0 Å². The van der Waals surface area contributed by atoms with Crippen molar-refractivity contribution in [2.75, 3.05) is 12.3 Å². The highest BCUT2D eigenvalue weighted by Crippen LogP contribution is 2.34. The van der Waals surface area contributed by atoms with Crippen molar-refractivity contribution < 1.29 is 4.79 Å². The molecule has 1 aliphatic heterocycles. The lowest BCUT2D eigenvalue weighted by molar-refractivity contribution is -0.129. The first kappa shape index (κ1) is 19.2. The number of hydrogen-bond donors (Lipinski definition) is 0. The number of nitrogens with zero attached hydrogens (tertiary/aromatic N) is 4. The van der Waals surface area contributed by atoms with Crippen LogP contribution in [0.5, 0.6) is 0 Å². The molecule has 1 saturated heterocycles. The van der Waals surface area contributed by atoms with Crippen molar-refractivity contribution in [1.82, 2.24) is 19.7 Å². The number of benzene rings is 1. The van der Waals surface area contributed by atoms with Crippen molar-refractivity contribution in [3.8, 4) is 10.7 Å². The van der Waals surface area contributed by atoms with E-state index in [-0.39, 0.29) is 11.9 Å².